The lowest BCUT2D eigenvalue weighted by atomic mass is 9.81. The number of carbonyl (C=O) groups is 1. The predicted octanol–water partition coefficient (Wildman–Crippen LogP) is 4.49. The Morgan fingerprint density at radius 2 is 1.65 bits per heavy atom. The molecule has 0 aliphatic rings. The Bertz CT molecular complexity index is 443. The molecular weight excluding hydrogens is 266 g/mol. The number of benzene rings is 1. The first-order chi connectivity index (χ1) is 9.13. The van der Waals surface area contributed by atoms with Crippen molar-refractivity contribution in [1.82, 2.24) is 5.32 Å². The maximum atomic E-state index is 12.3. The normalized spacial score (nSPS) is 12.3. The Kier molecular flexibility index (Phi) is 5.69. The van der Waals surface area contributed by atoms with Crippen LogP contribution in [-0.2, 0) is 5.75 Å². The standard InChI is InChI=1S/C17H27NOS/c1-16(2,3)12-17(4,5)18-15(19)14-9-7-13(8-10-14)11-20-6/h7-10H,11-12H2,1-6H3,(H,18,19). The lowest BCUT2D eigenvalue weighted by Gasteiger charge is -2.33. The van der Waals surface area contributed by atoms with Crippen LogP contribution in [0.25, 0.3) is 0 Å². The van der Waals surface area contributed by atoms with Gasteiger partial charge in [0.05, 0.1) is 0 Å². The SMILES string of the molecule is CSCc1ccc(C(=O)NC(C)(C)CC(C)(C)C)cc1. The number of hydrogen-bond acceptors (Lipinski definition) is 2. The van der Waals surface area contributed by atoms with Gasteiger partial charge in [0.1, 0.15) is 0 Å². The van der Waals surface area contributed by atoms with Gasteiger partial charge in [0.25, 0.3) is 5.91 Å². The maximum Gasteiger partial charge on any atom is 0.251 e. The quantitative estimate of drug-likeness (QED) is 0.866. The van der Waals surface area contributed by atoms with Gasteiger partial charge in [-0.1, -0.05) is 32.9 Å². The molecule has 1 amide bonds. The third-order valence-electron chi connectivity index (χ3n) is 2.95. The van der Waals surface area contributed by atoms with Gasteiger partial charge >= 0.3 is 0 Å². The van der Waals surface area contributed by atoms with Gasteiger partial charge in [-0.3, -0.25) is 4.79 Å². The first-order valence-corrected chi connectivity index (χ1v) is 8.43. The first kappa shape index (κ1) is 17.1. The van der Waals surface area contributed by atoms with Crippen LogP contribution in [0.15, 0.2) is 24.3 Å². The second-order valence-electron chi connectivity index (χ2n) is 7.21. The molecule has 0 bridgehead atoms. The molecule has 1 aromatic carbocycles. The van der Waals surface area contributed by atoms with E-state index < -0.39 is 0 Å². The summed E-state index contributed by atoms with van der Waals surface area (Å²) in [4.78, 5) is 12.3. The van der Waals surface area contributed by atoms with E-state index in [0.717, 1.165) is 17.7 Å². The van der Waals surface area contributed by atoms with Crippen LogP contribution >= 0.6 is 11.8 Å². The van der Waals surface area contributed by atoms with Crippen LogP contribution in [0, 0.1) is 5.41 Å². The molecule has 3 heteroatoms. The highest BCUT2D eigenvalue weighted by molar-refractivity contribution is 7.97. The fourth-order valence-corrected chi connectivity index (χ4v) is 3.19. The van der Waals surface area contributed by atoms with E-state index in [-0.39, 0.29) is 16.9 Å². The average Bonchev–Trinajstić information content (AvgIpc) is 2.26. The van der Waals surface area contributed by atoms with Crippen molar-refractivity contribution in [2.45, 2.75) is 52.3 Å². The van der Waals surface area contributed by atoms with Gasteiger partial charge in [0, 0.05) is 16.9 Å². The Balaban J connectivity index is 2.70. The third kappa shape index (κ3) is 6.00. The smallest absolute Gasteiger partial charge is 0.251 e. The predicted molar refractivity (Wildman–Crippen MR) is 89.3 cm³/mol. The van der Waals surface area contributed by atoms with Crippen molar-refractivity contribution in [2.24, 2.45) is 5.41 Å². The van der Waals surface area contributed by atoms with Crippen LogP contribution in [-0.4, -0.2) is 17.7 Å². The summed E-state index contributed by atoms with van der Waals surface area (Å²) >= 11 is 1.78. The first-order valence-electron chi connectivity index (χ1n) is 7.03. The zero-order chi connectivity index (χ0) is 15.4. The summed E-state index contributed by atoms with van der Waals surface area (Å²) in [6.45, 7) is 10.7. The molecule has 0 spiro atoms. The number of hydrogen-bond donors (Lipinski definition) is 1. The minimum Gasteiger partial charge on any atom is -0.347 e. The van der Waals surface area contributed by atoms with E-state index in [9.17, 15) is 4.79 Å². The topological polar surface area (TPSA) is 29.1 Å². The van der Waals surface area contributed by atoms with Crippen LogP contribution in [0.2, 0.25) is 0 Å². The Morgan fingerprint density at radius 1 is 1.10 bits per heavy atom. The van der Waals surface area contributed by atoms with Crippen LogP contribution in [0.4, 0.5) is 0 Å². The van der Waals surface area contributed by atoms with E-state index in [1.165, 1.54) is 5.56 Å². The van der Waals surface area contributed by atoms with Crippen molar-refractivity contribution in [3.05, 3.63) is 35.4 Å². The van der Waals surface area contributed by atoms with Crippen molar-refractivity contribution in [3.8, 4) is 0 Å². The van der Waals surface area contributed by atoms with Gasteiger partial charge < -0.3 is 5.32 Å². The monoisotopic (exact) mass is 293 g/mol. The van der Waals surface area contributed by atoms with Crippen LogP contribution in [0.5, 0.6) is 0 Å². The number of thioether (sulfide) groups is 1. The van der Waals surface area contributed by atoms with Crippen molar-refractivity contribution in [1.29, 1.82) is 0 Å². The Labute approximate surface area is 127 Å². The lowest BCUT2D eigenvalue weighted by Crippen LogP contribution is -2.45. The summed E-state index contributed by atoms with van der Waals surface area (Å²) in [5.41, 5.74) is 1.98. The number of nitrogens with one attached hydrogen (secondary N) is 1. The lowest BCUT2D eigenvalue weighted by molar-refractivity contribution is 0.0891. The zero-order valence-corrected chi connectivity index (χ0v) is 14.4. The molecule has 112 valence electrons. The third-order valence-corrected chi connectivity index (χ3v) is 3.57. The zero-order valence-electron chi connectivity index (χ0n) is 13.5. The van der Waals surface area contributed by atoms with E-state index in [1.807, 2.05) is 24.3 Å². The minimum absolute atomic E-state index is 0.00921. The van der Waals surface area contributed by atoms with Crippen LogP contribution in [0.3, 0.4) is 0 Å². The molecule has 0 saturated heterocycles. The molecule has 0 aliphatic carbocycles. The molecule has 2 nitrogen and oxygen atoms in total. The summed E-state index contributed by atoms with van der Waals surface area (Å²) in [5.74, 6) is 0.993. The highest BCUT2D eigenvalue weighted by atomic mass is 32.2. The van der Waals surface area contributed by atoms with E-state index in [2.05, 4.69) is 46.2 Å². The largest absolute Gasteiger partial charge is 0.347 e. The summed E-state index contributed by atoms with van der Waals surface area (Å²) in [7, 11) is 0. The second kappa shape index (κ2) is 6.66. The maximum absolute atomic E-state index is 12.3. The molecule has 1 aromatic rings. The number of carbonyl (C=O) groups excluding carboxylic acids is 1. The summed E-state index contributed by atoms with van der Waals surface area (Å²) < 4.78 is 0. The van der Waals surface area contributed by atoms with E-state index >= 15 is 0 Å². The highest BCUT2D eigenvalue weighted by Crippen LogP contribution is 2.27. The Hall–Kier alpha value is -0.960. The Morgan fingerprint density at radius 3 is 2.10 bits per heavy atom. The molecule has 1 N–H and O–H groups in total. The molecule has 0 fully saturated rings. The van der Waals surface area contributed by atoms with Gasteiger partial charge in [-0.25, -0.2) is 0 Å². The average molecular weight is 293 g/mol. The number of amides is 1. The van der Waals surface area contributed by atoms with Crippen molar-refractivity contribution < 1.29 is 4.79 Å². The molecule has 0 saturated carbocycles. The molecule has 0 atom stereocenters. The van der Waals surface area contributed by atoms with Gasteiger partial charge in [-0.05, 0) is 49.6 Å². The molecule has 0 unspecified atom stereocenters. The minimum atomic E-state index is -0.201. The van der Waals surface area contributed by atoms with E-state index in [1.54, 1.807) is 11.8 Å². The van der Waals surface area contributed by atoms with Gasteiger partial charge in [-0.2, -0.15) is 11.8 Å². The van der Waals surface area contributed by atoms with Gasteiger partial charge in [0.2, 0.25) is 0 Å². The molecule has 0 aliphatic heterocycles. The fourth-order valence-electron chi connectivity index (χ4n) is 2.67. The van der Waals surface area contributed by atoms with Crippen LogP contribution < -0.4 is 5.32 Å². The summed E-state index contributed by atoms with van der Waals surface area (Å²) in [6.07, 6.45) is 3.02. The second-order valence-corrected chi connectivity index (χ2v) is 8.07. The molecule has 0 heterocycles. The molecule has 20 heavy (non-hydrogen) atoms. The summed E-state index contributed by atoms with van der Waals surface area (Å²) in [5, 5.41) is 3.14. The van der Waals surface area contributed by atoms with Crippen molar-refractivity contribution >= 4 is 17.7 Å². The number of rotatable bonds is 5. The molecular formula is C17H27NOS. The molecule has 1 rings (SSSR count). The molecule has 0 radical (unpaired) electrons. The van der Waals surface area contributed by atoms with Gasteiger partial charge in [0.15, 0.2) is 0 Å². The summed E-state index contributed by atoms with van der Waals surface area (Å²) in [6, 6.07) is 7.88. The van der Waals surface area contributed by atoms with Crippen LogP contribution in [0.1, 0.15) is 57.0 Å². The van der Waals surface area contributed by atoms with E-state index in [4.69, 9.17) is 0 Å². The van der Waals surface area contributed by atoms with Crippen molar-refractivity contribution in [2.75, 3.05) is 6.26 Å². The van der Waals surface area contributed by atoms with Gasteiger partial charge in [-0.15, -0.1) is 0 Å². The van der Waals surface area contributed by atoms with Crippen molar-refractivity contribution in [3.63, 3.8) is 0 Å². The fraction of sp³-hybridized carbons (Fsp3) is 0.588. The highest BCUT2D eigenvalue weighted by Gasteiger charge is 2.27. The molecule has 0 aromatic heterocycles. The van der Waals surface area contributed by atoms with E-state index in [0.29, 0.717) is 0 Å².